The van der Waals surface area contributed by atoms with Crippen LogP contribution in [0.1, 0.15) is 24.1 Å². The normalized spacial score (nSPS) is 17.8. The highest BCUT2D eigenvalue weighted by atomic mass is 16.4. The highest BCUT2D eigenvalue weighted by Crippen LogP contribution is 2.30. The van der Waals surface area contributed by atoms with Gasteiger partial charge in [0.1, 0.15) is 11.4 Å². The summed E-state index contributed by atoms with van der Waals surface area (Å²) < 4.78 is 0. The van der Waals surface area contributed by atoms with Crippen LogP contribution in [0.15, 0.2) is 18.2 Å². The maximum atomic E-state index is 10.9. The second-order valence-electron chi connectivity index (χ2n) is 6.70. The number of aryl methyl sites for hydroxylation is 2. The van der Waals surface area contributed by atoms with Crippen LogP contribution in [0.4, 0.5) is 5.95 Å². The SMILES string of the molecule is Cc1ccc(-c2nnc(NC3CCCN(CC(=O)O)C3)nc2C)c(O)c1. The molecule has 1 aliphatic rings. The molecule has 0 amide bonds. The Bertz CT molecular complexity index is 811. The van der Waals surface area contributed by atoms with Gasteiger partial charge in [-0.2, -0.15) is 0 Å². The zero-order valence-electron chi connectivity index (χ0n) is 14.9. The van der Waals surface area contributed by atoms with Gasteiger partial charge in [-0.05, 0) is 50.9 Å². The van der Waals surface area contributed by atoms with Crippen molar-refractivity contribution in [2.45, 2.75) is 32.7 Å². The first-order chi connectivity index (χ1) is 12.4. The summed E-state index contributed by atoms with van der Waals surface area (Å²) in [7, 11) is 0. The van der Waals surface area contributed by atoms with Crippen molar-refractivity contribution >= 4 is 11.9 Å². The van der Waals surface area contributed by atoms with E-state index in [0.29, 0.717) is 29.4 Å². The second kappa shape index (κ2) is 7.65. The Hall–Kier alpha value is -2.74. The molecule has 0 spiro atoms. The molecule has 8 heteroatoms. The minimum Gasteiger partial charge on any atom is -0.507 e. The first kappa shape index (κ1) is 18.1. The van der Waals surface area contributed by atoms with Crippen LogP contribution in [0.25, 0.3) is 11.3 Å². The Balaban J connectivity index is 1.72. The highest BCUT2D eigenvalue weighted by Gasteiger charge is 2.22. The predicted octanol–water partition coefficient (Wildman–Crippen LogP) is 1.82. The number of aromatic hydroxyl groups is 1. The number of rotatable bonds is 5. The summed E-state index contributed by atoms with van der Waals surface area (Å²) in [6, 6.07) is 5.48. The number of anilines is 1. The summed E-state index contributed by atoms with van der Waals surface area (Å²) in [5.41, 5.74) is 2.78. The topological polar surface area (TPSA) is 111 Å². The minimum absolute atomic E-state index is 0.0436. The number of likely N-dealkylation sites (tertiary alicyclic amines) is 1. The van der Waals surface area contributed by atoms with Gasteiger partial charge in [-0.1, -0.05) is 6.07 Å². The molecule has 1 atom stereocenters. The van der Waals surface area contributed by atoms with Crippen LogP contribution < -0.4 is 5.32 Å². The summed E-state index contributed by atoms with van der Waals surface area (Å²) in [5.74, 6) is -0.247. The van der Waals surface area contributed by atoms with E-state index in [0.717, 1.165) is 24.9 Å². The molecule has 0 bridgehead atoms. The molecule has 3 rings (SSSR count). The second-order valence-corrected chi connectivity index (χ2v) is 6.70. The van der Waals surface area contributed by atoms with Crippen LogP contribution in [0.3, 0.4) is 0 Å². The number of aliphatic carboxylic acids is 1. The number of phenols is 1. The fraction of sp³-hybridized carbons (Fsp3) is 0.444. The number of piperidine rings is 1. The van der Waals surface area contributed by atoms with E-state index >= 15 is 0 Å². The summed E-state index contributed by atoms with van der Waals surface area (Å²) in [6.45, 7) is 5.20. The van der Waals surface area contributed by atoms with Gasteiger partial charge in [0.05, 0.1) is 12.2 Å². The number of aromatic nitrogens is 3. The van der Waals surface area contributed by atoms with E-state index in [2.05, 4.69) is 20.5 Å². The molecule has 1 aliphatic heterocycles. The maximum Gasteiger partial charge on any atom is 0.317 e. The van der Waals surface area contributed by atoms with Gasteiger partial charge in [0.2, 0.25) is 5.95 Å². The van der Waals surface area contributed by atoms with E-state index in [1.165, 1.54) is 0 Å². The molecule has 0 saturated carbocycles. The fourth-order valence-electron chi connectivity index (χ4n) is 3.25. The first-order valence-corrected chi connectivity index (χ1v) is 8.64. The van der Waals surface area contributed by atoms with Gasteiger partial charge in [-0.15, -0.1) is 10.2 Å². The van der Waals surface area contributed by atoms with E-state index in [9.17, 15) is 9.90 Å². The number of hydrogen-bond donors (Lipinski definition) is 3. The fourth-order valence-corrected chi connectivity index (χ4v) is 3.25. The van der Waals surface area contributed by atoms with E-state index in [1.807, 2.05) is 24.8 Å². The number of hydrogen-bond acceptors (Lipinski definition) is 7. The summed E-state index contributed by atoms with van der Waals surface area (Å²) >= 11 is 0. The average Bonchev–Trinajstić information content (AvgIpc) is 2.56. The van der Waals surface area contributed by atoms with Crippen molar-refractivity contribution in [1.82, 2.24) is 20.1 Å². The average molecular weight is 357 g/mol. The molecule has 1 aromatic carbocycles. The smallest absolute Gasteiger partial charge is 0.317 e. The summed E-state index contributed by atoms with van der Waals surface area (Å²) in [5, 5.41) is 30.7. The molecule has 1 unspecified atom stereocenters. The molecule has 3 N–H and O–H groups in total. The van der Waals surface area contributed by atoms with Gasteiger partial charge in [0, 0.05) is 18.2 Å². The van der Waals surface area contributed by atoms with Gasteiger partial charge < -0.3 is 15.5 Å². The lowest BCUT2D eigenvalue weighted by molar-refractivity contribution is -0.138. The molecule has 0 radical (unpaired) electrons. The number of carboxylic acid groups (broad SMARTS) is 1. The van der Waals surface area contributed by atoms with Gasteiger partial charge >= 0.3 is 5.97 Å². The molecule has 1 fully saturated rings. The van der Waals surface area contributed by atoms with Gasteiger partial charge in [-0.3, -0.25) is 9.69 Å². The van der Waals surface area contributed by atoms with Crippen LogP contribution in [0.2, 0.25) is 0 Å². The van der Waals surface area contributed by atoms with Crippen molar-refractivity contribution in [3.05, 3.63) is 29.5 Å². The summed E-state index contributed by atoms with van der Waals surface area (Å²) in [6.07, 6.45) is 1.85. The Kier molecular flexibility index (Phi) is 5.32. The van der Waals surface area contributed by atoms with Gasteiger partial charge in [-0.25, -0.2) is 4.98 Å². The van der Waals surface area contributed by atoms with Crippen LogP contribution in [0, 0.1) is 13.8 Å². The lowest BCUT2D eigenvalue weighted by atomic mass is 10.1. The van der Waals surface area contributed by atoms with Crippen molar-refractivity contribution in [2.75, 3.05) is 25.0 Å². The largest absolute Gasteiger partial charge is 0.507 e. The highest BCUT2D eigenvalue weighted by molar-refractivity contribution is 5.69. The van der Waals surface area contributed by atoms with Crippen molar-refractivity contribution in [1.29, 1.82) is 0 Å². The third-order valence-electron chi connectivity index (χ3n) is 4.47. The number of nitrogens with zero attached hydrogens (tertiary/aromatic N) is 4. The molecule has 1 aromatic heterocycles. The van der Waals surface area contributed by atoms with Crippen molar-refractivity contribution < 1.29 is 15.0 Å². The zero-order valence-corrected chi connectivity index (χ0v) is 14.9. The van der Waals surface area contributed by atoms with Gasteiger partial charge in [0.25, 0.3) is 0 Å². The van der Waals surface area contributed by atoms with Gasteiger partial charge in [0.15, 0.2) is 0 Å². The Labute approximate surface area is 151 Å². The molecule has 26 heavy (non-hydrogen) atoms. The number of carboxylic acids is 1. The van der Waals surface area contributed by atoms with Crippen molar-refractivity contribution in [3.63, 3.8) is 0 Å². The molecule has 1 saturated heterocycles. The predicted molar refractivity (Wildman–Crippen MR) is 97.1 cm³/mol. The van der Waals surface area contributed by atoms with Crippen LogP contribution in [0.5, 0.6) is 5.75 Å². The number of phenolic OH excluding ortho intramolecular Hbond substituents is 1. The molecule has 8 nitrogen and oxygen atoms in total. The third-order valence-corrected chi connectivity index (χ3v) is 4.47. The van der Waals surface area contributed by atoms with Crippen molar-refractivity contribution in [3.8, 4) is 17.0 Å². The molecular formula is C18H23N5O3. The number of benzene rings is 1. The molecule has 0 aliphatic carbocycles. The maximum absolute atomic E-state index is 10.9. The number of nitrogens with one attached hydrogen (secondary N) is 1. The first-order valence-electron chi connectivity index (χ1n) is 8.64. The van der Waals surface area contributed by atoms with Crippen LogP contribution in [-0.4, -0.2) is 61.9 Å². The standard InChI is InChI=1S/C18H23N5O3/c1-11-5-6-14(15(24)8-11)17-12(2)19-18(22-21-17)20-13-4-3-7-23(9-13)10-16(25)26/h5-6,8,13,24H,3-4,7,9-10H2,1-2H3,(H,25,26)(H,19,20,22). The Morgan fingerprint density at radius 3 is 2.85 bits per heavy atom. The summed E-state index contributed by atoms with van der Waals surface area (Å²) in [4.78, 5) is 17.2. The Morgan fingerprint density at radius 2 is 2.15 bits per heavy atom. The third kappa shape index (κ3) is 4.26. The van der Waals surface area contributed by atoms with Crippen LogP contribution in [-0.2, 0) is 4.79 Å². The van der Waals surface area contributed by atoms with Crippen molar-refractivity contribution in [2.24, 2.45) is 0 Å². The molecule has 2 aromatic rings. The molecule has 138 valence electrons. The van der Waals surface area contributed by atoms with E-state index < -0.39 is 5.97 Å². The lowest BCUT2D eigenvalue weighted by Gasteiger charge is -2.31. The van der Waals surface area contributed by atoms with E-state index in [4.69, 9.17) is 5.11 Å². The zero-order chi connectivity index (χ0) is 18.7. The quantitative estimate of drug-likeness (QED) is 0.743. The Morgan fingerprint density at radius 1 is 1.35 bits per heavy atom. The van der Waals surface area contributed by atoms with E-state index in [1.54, 1.807) is 12.1 Å². The lowest BCUT2D eigenvalue weighted by Crippen LogP contribution is -2.44. The number of carbonyl (C=O) groups is 1. The molecular weight excluding hydrogens is 334 g/mol. The molecule has 2 heterocycles. The van der Waals surface area contributed by atoms with Crippen LogP contribution >= 0.6 is 0 Å². The monoisotopic (exact) mass is 357 g/mol. The minimum atomic E-state index is -0.818. The van der Waals surface area contributed by atoms with E-state index in [-0.39, 0.29) is 18.3 Å².